The summed E-state index contributed by atoms with van der Waals surface area (Å²) in [6.45, 7) is 5.15. The Morgan fingerprint density at radius 3 is 2.20 bits per heavy atom. The van der Waals surface area contributed by atoms with E-state index < -0.39 is 17.9 Å². The quantitative estimate of drug-likeness (QED) is 0.341. The standard InChI is InChI=1S/C29H36N6O4S/c1-17(2)18-7-13-21(14-8-18)35(29(38)26-23(30)24(27(31)36)33-40-26)25(19-9-11-20(12-10-19)34(3)4)28(37)32-16-22-6-5-15-39-22/h7-14,17,22,25H,5-6,15-16,30H2,1-4H3,(H2,31,36)(H,32,37)/t22-,25+/m1/s1. The van der Waals surface area contributed by atoms with Crippen molar-refractivity contribution in [2.24, 2.45) is 5.73 Å². The average molecular weight is 565 g/mol. The molecule has 3 aromatic rings. The zero-order valence-electron chi connectivity index (χ0n) is 23.2. The lowest BCUT2D eigenvalue weighted by Gasteiger charge is -2.32. The van der Waals surface area contributed by atoms with Crippen molar-refractivity contribution in [2.75, 3.05) is 42.8 Å². The van der Waals surface area contributed by atoms with Crippen molar-refractivity contribution in [1.29, 1.82) is 0 Å². The van der Waals surface area contributed by atoms with Crippen LogP contribution >= 0.6 is 11.5 Å². The van der Waals surface area contributed by atoms with E-state index in [1.165, 1.54) is 4.90 Å². The van der Waals surface area contributed by atoms with E-state index in [-0.39, 0.29) is 34.2 Å². The Labute approximate surface area is 238 Å². The molecule has 212 valence electrons. The van der Waals surface area contributed by atoms with E-state index >= 15 is 0 Å². The monoisotopic (exact) mass is 564 g/mol. The third-order valence-electron chi connectivity index (χ3n) is 6.97. The second kappa shape index (κ2) is 12.5. The molecule has 0 bridgehead atoms. The van der Waals surface area contributed by atoms with Crippen LogP contribution in [-0.4, -0.2) is 55.4 Å². The minimum absolute atomic E-state index is 0.0311. The lowest BCUT2D eigenvalue weighted by molar-refractivity contribution is -0.123. The first-order chi connectivity index (χ1) is 19.1. The normalized spacial score (nSPS) is 15.6. The van der Waals surface area contributed by atoms with Gasteiger partial charge in [-0.15, -0.1) is 0 Å². The summed E-state index contributed by atoms with van der Waals surface area (Å²) >= 11 is 0.783. The van der Waals surface area contributed by atoms with Gasteiger partial charge in [-0.25, -0.2) is 0 Å². The van der Waals surface area contributed by atoms with Crippen LogP contribution < -0.4 is 26.6 Å². The first kappa shape index (κ1) is 29.0. The van der Waals surface area contributed by atoms with Crippen LogP contribution in [0.15, 0.2) is 48.5 Å². The summed E-state index contributed by atoms with van der Waals surface area (Å²) < 4.78 is 9.72. The number of primary amides is 1. The Bertz CT molecular complexity index is 1350. The van der Waals surface area contributed by atoms with E-state index in [0.29, 0.717) is 24.4 Å². The van der Waals surface area contributed by atoms with Gasteiger partial charge >= 0.3 is 0 Å². The van der Waals surface area contributed by atoms with Crippen molar-refractivity contribution in [3.05, 3.63) is 70.2 Å². The van der Waals surface area contributed by atoms with Crippen molar-refractivity contribution in [3.63, 3.8) is 0 Å². The number of hydrogen-bond donors (Lipinski definition) is 3. The molecule has 2 heterocycles. The van der Waals surface area contributed by atoms with Crippen LogP contribution in [0, 0.1) is 0 Å². The summed E-state index contributed by atoms with van der Waals surface area (Å²) in [5.74, 6) is -1.48. The molecule has 1 aliphatic heterocycles. The fourth-order valence-corrected chi connectivity index (χ4v) is 5.37. The zero-order valence-corrected chi connectivity index (χ0v) is 24.0. The molecule has 1 aromatic heterocycles. The lowest BCUT2D eigenvalue weighted by Crippen LogP contribution is -2.45. The summed E-state index contributed by atoms with van der Waals surface area (Å²) in [4.78, 5) is 43.4. The van der Waals surface area contributed by atoms with Crippen molar-refractivity contribution in [2.45, 2.75) is 44.8 Å². The van der Waals surface area contributed by atoms with E-state index in [4.69, 9.17) is 16.2 Å². The van der Waals surface area contributed by atoms with Gasteiger partial charge in [0.25, 0.3) is 11.8 Å². The number of carbonyl (C=O) groups is 3. The maximum absolute atomic E-state index is 14.2. The van der Waals surface area contributed by atoms with E-state index in [1.54, 1.807) is 0 Å². The fraction of sp³-hybridized carbons (Fsp3) is 0.379. The molecule has 10 nitrogen and oxygen atoms in total. The molecule has 40 heavy (non-hydrogen) atoms. The molecule has 3 amide bonds. The van der Waals surface area contributed by atoms with Gasteiger partial charge < -0.3 is 26.4 Å². The Morgan fingerprint density at radius 1 is 1.05 bits per heavy atom. The highest BCUT2D eigenvalue weighted by Crippen LogP contribution is 2.34. The molecule has 0 saturated carbocycles. The number of aromatic nitrogens is 1. The predicted octanol–water partition coefficient (Wildman–Crippen LogP) is 3.70. The molecule has 0 unspecified atom stereocenters. The molecule has 2 atom stereocenters. The molecule has 11 heteroatoms. The van der Waals surface area contributed by atoms with Crippen molar-refractivity contribution in [3.8, 4) is 0 Å². The number of nitrogen functional groups attached to an aromatic ring is 1. The number of nitrogens with one attached hydrogen (secondary N) is 1. The number of anilines is 3. The molecule has 1 saturated heterocycles. The second-order valence-corrected chi connectivity index (χ2v) is 11.1. The number of amides is 3. The summed E-state index contributed by atoms with van der Waals surface area (Å²) in [5.41, 5.74) is 14.4. The molecule has 4 rings (SSSR count). The maximum atomic E-state index is 14.2. The van der Waals surface area contributed by atoms with E-state index in [9.17, 15) is 14.4 Å². The Hall–Kier alpha value is -3.96. The number of ether oxygens (including phenoxy) is 1. The number of carbonyl (C=O) groups excluding carboxylic acids is 3. The molecular formula is C29H36N6O4S. The fourth-order valence-electron chi connectivity index (χ4n) is 4.63. The Kier molecular flexibility index (Phi) is 9.06. The molecule has 0 radical (unpaired) electrons. The first-order valence-electron chi connectivity index (χ1n) is 13.2. The minimum Gasteiger partial charge on any atom is -0.395 e. The van der Waals surface area contributed by atoms with Crippen LogP contribution in [0.4, 0.5) is 17.1 Å². The minimum atomic E-state index is -1.05. The molecule has 5 N–H and O–H groups in total. The van der Waals surface area contributed by atoms with Gasteiger partial charge in [-0.2, -0.15) is 4.37 Å². The SMILES string of the molecule is CC(C)c1ccc(N(C(=O)c2snc(C(N)=O)c2N)[C@H](C(=O)NC[C@H]2CCCO2)c2ccc(N(C)C)cc2)cc1. The van der Waals surface area contributed by atoms with E-state index in [1.807, 2.05) is 67.5 Å². The number of nitrogens with zero attached hydrogens (tertiary/aromatic N) is 3. The average Bonchev–Trinajstić information content (AvgIpc) is 3.60. The highest BCUT2D eigenvalue weighted by molar-refractivity contribution is 7.09. The summed E-state index contributed by atoms with van der Waals surface area (Å²) in [7, 11) is 3.85. The van der Waals surface area contributed by atoms with Crippen LogP contribution in [0.1, 0.15) is 69.9 Å². The molecule has 2 aromatic carbocycles. The van der Waals surface area contributed by atoms with Gasteiger partial charge in [0.15, 0.2) is 5.69 Å². The van der Waals surface area contributed by atoms with Crippen LogP contribution in [-0.2, 0) is 9.53 Å². The van der Waals surface area contributed by atoms with Crippen molar-refractivity contribution >= 4 is 46.3 Å². The van der Waals surface area contributed by atoms with Crippen molar-refractivity contribution in [1.82, 2.24) is 9.69 Å². The van der Waals surface area contributed by atoms with Gasteiger partial charge in [-0.05, 0) is 65.7 Å². The van der Waals surface area contributed by atoms with Crippen LogP contribution in [0.2, 0.25) is 0 Å². The largest absolute Gasteiger partial charge is 0.395 e. The maximum Gasteiger partial charge on any atom is 0.273 e. The Balaban J connectivity index is 1.82. The molecule has 0 spiro atoms. The van der Waals surface area contributed by atoms with Gasteiger partial charge in [0.05, 0.1) is 11.8 Å². The number of hydrogen-bond acceptors (Lipinski definition) is 8. The van der Waals surface area contributed by atoms with Crippen LogP contribution in [0.25, 0.3) is 0 Å². The van der Waals surface area contributed by atoms with Crippen LogP contribution in [0.5, 0.6) is 0 Å². The number of benzene rings is 2. The topological polar surface area (TPSA) is 144 Å². The third kappa shape index (κ3) is 6.26. The van der Waals surface area contributed by atoms with Gasteiger partial charge in [0.2, 0.25) is 5.91 Å². The van der Waals surface area contributed by atoms with Crippen molar-refractivity contribution < 1.29 is 19.1 Å². The Morgan fingerprint density at radius 2 is 1.68 bits per heavy atom. The second-order valence-electron chi connectivity index (χ2n) is 10.3. The highest BCUT2D eigenvalue weighted by atomic mass is 32.1. The molecular weight excluding hydrogens is 528 g/mol. The third-order valence-corrected chi connectivity index (χ3v) is 7.82. The van der Waals surface area contributed by atoms with Crippen LogP contribution in [0.3, 0.4) is 0 Å². The van der Waals surface area contributed by atoms with Gasteiger partial charge in [-0.3, -0.25) is 19.3 Å². The summed E-state index contributed by atoms with van der Waals surface area (Å²) in [5, 5.41) is 3.00. The van der Waals surface area contributed by atoms with E-state index in [0.717, 1.165) is 35.6 Å². The van der Waals surface area contributed by atoms with E-state index in [2.05, 4.69) is 23.5 Å². The molecule has 1 aliphatic rings. The number of rotatable bonds is 10. The van der Waals surface area contributed by atoms with Gasteiger partial charge in [0, 0.05) is 38.6 Å². The summed E-state index contributed by atoms with van der Waals surface area (Å²) in [6, 6.07) is 13.9. The van der Waals surface area contributed by atoms with Gasteiger partial charge in [0.1, 0.15) is 10.9 Å². The smallest absolute Gasteiger partial charge is 0.273 e. The lowest BCUT2D eigenvalue weighted by atomic mass is 9.99. The molecule has 0 aliphatic carbocycles. The zero-order chi connectivity index (χ0) is 29.0. The highest BCUT2D eigenvalue weighted by Gasteiger charge is 2.36. The predicted molar refractivity (Wildman–Crippen MR) is 158 cm³/mol. The number of nitrogens with two attached hydrogens (primary N) is 2. The summed E-state index contributed by atoms with van der Waals surface area (Å²) in [6.07, 6.45) is 1.72. The first-order valence-corrected chi connectivity index (χ1v) is 14.0. The van der Waals surface area contributed by atoms with Gasteiger partial charge in [-0.1, -0.05) is 38.1 Å². The molecule has 1 fully saturated rings.